The molecule has 2 aliphatic heterocycles. The summed E-state index contributed by atoms with van der Waals surface area (Å²) in [6, 6.07) is 10.4. The van der Waals surface area contributed by atoms with Crippen LogP contribution in [0.5, 0.6) is 0 Å². The number of aliphatic hydroxyl groups excluding tert-OH is 1. The number of hydrogen-bond acceptors (Lipinski definition) is 5. The largest absolute Gasteiger partial charge is 0.392 e. The monoisotopic (exact) mass is 332 g/mol. The van der Waals surface area contributed by atoms with Gasteiger partial charge in [-0.15, -0.1) is 0 Å². The van der Waals surface area contributed by atoms with E-state index in [4.69, 9.17) is 0 Å². The van der Waals surface area contributed by atoms with E-state index in [1.807, 2.05) is 0 Å². The molecule has 2 atom stereocenters. The van der Waals surface area contributed by atoms with Crippen LogP contribution in [0.4, 0.5) is 0 Å². The fourth-order valence-electron chi connectivity index (χ4n) is 3.39. The predicted molar refractivity (Wildman–Crippen MR) is 93.6 cm³/mol. The first-order valence-electron chi connectivity index (χ1n) is 8.88. The number of rotatable bonds is 6. The first kappa shape index (κ1) is 17.4. The molecular formula is C18H28N4O2. The SMILES string of the molecule is O=C(NCCN1CCN(Cc2ccccc2)CC1)C1CC(O)CN1. The molecule has 0 radical (unpaired) electrons. The molecule has 0 bridgehead atoms. The zero-order chi connectivity index (χ0) is 16.8. The molecule has 0 saturated carbocycles. The maximum Gasteiger partial charge on any atom is 0.237 e. The van der Waals surface area contributed by atoms with Crippen molar-refractivity contribution in [3.05, 3.63) is 35.9 Å². The lowest BCUT2D eigenvalue weighted by Crippen LogP contribution is -2.49. The van der Waals surface area contributed by atoms with Gasteiger partial charge in [0.25, 0.3) is 0 Å². The van der Waals surface area contributed by atoms with Crippen LogP contribution in [0.15, 0.2) is 30.3 Å². The van der Waals surface area contributed by atoms with Gasteiger partial charge in [0.2, 0.25) is 5.91 Å². The minimum absolute atomic E-state index is 0.00858. The summed E-state index contributed by atoms with van der Waals surface area (Å²) in [4.78, 5) is 16.9. The summed E-state index contributed by atoms with van der Waals surface area (Å²) in [7, 11) is 0. The van der Waals surface area contributed by atoms with Crippen LogP contribution in [0.25, 0.3) is 0 Å². The van der Waals surface area contributed by atoms with Crippen LogP contribution in [-0.2, 0) is 11.3 Å². The van der Waals surface area contributed by atoms with Gasteiger partial charge in [0.1, 0.15) is 0 Å². The van der Waals surface area contributed by atoms with Crippen LogP contribution in [0.2, 0.25) is 0 Å². The minimum atomic E-state index is -0.390. The molecule has 1 aromatic rings. The molecular weight excluding hydrogens is 304 g/mol. The topological polar surface area (TPSA) is 67.8 Å². The van der Waals surface area contributed by atoms with Gasteiger partial charge in [0, 0.05) is 52.4 Å². The zero-order valence-electron chi connectivity index (χ0n) is 14.2. The van der Waals surface area contributed by atoms with Crippen molar-refractivity contribution in [2.75, 3.05) is 45.8 Å². The smallest absolute Gasteiger partial charge is 0.237 e. The highest BCUT2D eigenvalue weighted by atomic mass is 16.3. The summed E-state index contributed by atoms with van der Waals surface area (Å²) in [5.41, 5.74) is 1.37. The maximum absolute atomic E-state index is 12.0. The van der Waals surface area contributed by atoms with Gasteiger partial charge in [-0.3, -0.25) is 14.6 Å². The average Bonchev–Trinajstić information content (AvgIpc) is 3.04. The fourth-order valence-corrected chi connectivity index (χ4v) is 3.39. The van der Waals surface area contributed by atoms with Crippen molar-refractivity contribution in [3.63, 3.8) is 0 Å². The Labute approximate surface area is 143 Å². The highest BCUT2D eigenvalue weighted by Gasteiger charge is 2.27. The fraction of sp³-hybridized carbons (Fsp3) is 0.611. The Kier molecular flexibility index (Phi) is 6.20. The third kappa shape index (κ3) is 5.01. The quantitative estimate of drug-likeness (QED) is 0.664. The molecule has 0 spiro atoms. The van der Waals surface area contributed by atoms with Crippen LogP contribution < -0.4 is 10.6 Å². The second kappa shape index (κ2) is 8.58. The van der Waals surface area contributed by atoms with Gasteiger partial charge >= 0.3 is 0 Å². The van der Waals surface area contributed by atoms with Crippen molar-refractivity contribution in [1.82, 2.24) is 20.4 Å². The van der Waals surface area contributed by atoms with Gasteiger partial charge in [-0.1, -0.05) is 30.3 Å². The molecule has 1 aromatic carbocycles. The molecule has 2 saturated heterocycles. The van der Waals surface area contributed by atoms with Crippen LogP contribution in [0.1, 0.15) is 12.0 Å². The summed E-state index contributed by atoms with van der Waals surface area (Å²) >= 11 is 0. The maximum atomic E-state index is 12.0. The third-order valence-electron chi connectivity index (χ3n) is 4.87. The predicted octanol–water partition coefficient (Wildman–Crippen LogP) is -0.357. The molecule has 2 heterocycles. The Morgan fingerprint density at radius 1 is 1.17 bits per heavy atom. The molecule has 132 valence electrons. The number of carbonyl (C=O) groups excluding carboxylic acids is 1. The van der Waals surface area contributed by atoms with Crippen molar-refractivity contribution >= 4 is 5.91 Å². The third-order valence-corrected chi connectivity index (χ3v) is 4.87. The number of carbonyl (C=O) groups is 1. The van der Waals surface area contributed by atoms with E-state index in [1.54, 1.807) is 0 Å². The highest BCUT2D eigenvalue weighted by Crippen LogP contribution is 2.08. The molecule has 24 heavy (non-hydrogen) atoms. The van der Waals surface area contributed by atoms with E-state index < -0.39 is 6.10 Å². The van der Waals surface area contributed by atoms with E-state index >= 15 is 0 Å². The van der Waals surface area contributed by atoms with Crippen molar-refractivity contribution < 1.29 is 9.90 Å². The van der Waals surface area contributed by atoms with E-state index in [-0.39, 0.29) is 11.9 Å². The van der Waals surface area contributed by atoms with Gasteiger partial charge in [-0.25, -0.2) is 0 Å². The van der Waals surface area contributed by atoms with E-state index in [1.165, 1.54) is 5.56 Å². The van der Waals surface area contributed by atoms with Crippen molar-refractivity contribution in [2.24, 2.45) is 0 Å². The van der Waals surface area contributed by atoms with Crippen molar-refractivity contribution in [3.8, 4) is 0 Å². The number of nitrogens with one attached hydrogen (secondary N) is 2. The average molecular weight is 332 g/mol. The lowest BCUT2D eigenvalue weighted by atomic mass is 10.2. The molecule has 1 amide bonds. The molecule has 3 rings (SSSR count). The Balaban J connectivity index is 1.30. The molecule has 0 aliphatic carbocycles. The molecule has 2 fully saturated rings. The second-order valence-electron chi connectivity index (χ2n) is 6.74. The van der Waals surface area contributed by atoms with E-state index in [9.17, 15) is 9.90 Å². The summed E-state index contributed by atoms with van der Waals surface area (Å²) < 4.78 is 0. The standard InChI is InChI=1S/C18H28N4O2/c23-16-12-17(20-13-16)18(24)19-6-7-21-8-10-22(11-9-21)14-15-4-2-1-3-5-15/h1-5,16-17,20,23H,6-14H2,(H,19,24). The molecule has 6 nitrogen and oxygen atoms in total. The van der Waals surface area contributed by atoms with E-state index in [2.05, 4.69) is 50.8 Å². The van der Waals surface area contributed by atoms with Gasteiger partial charge in [0.15, 0.2) is 0 Å². The van der Waals surface area contributed by atoms with E-state index in [0.29, 0.717) is 19.5 Å². The number of piperazine rings is 1. The number of aliphatic hydroxyl groups is 1. The van der Waals surface area contributed by atoms with Crippen LogP contribution in [0.3, 0.4) is 0 Å². The Bertz CT molecular complexity index is 517. The number of β-amino-alcohol motifs (C(OH)–C–C–N with tert-alkyl or cyclic N) is 1. The first-order chi connectivity index (χ1) is 11.7. The number of benzene rings is 1. The summed E-state index contributed by atoms with van der Waals surface area (Å²) in [6.45, 7) is 7.32. The molecule has 2 aliphatic rings. The van der Waals surface area contributed by atoms with Crippen LogP contribution in [0, 0.1) is 0 Å². The van der Waals surface area contributed by atoms with Crippen LogP contribution >= 0.6 is 0 Å². The number of amides is 1. The molecule has 6 heteroatoms. The summed E-state index contributed by atoms with van der Waals surface area (Å²) in [5.74, 6) is 0.00858. The van der Waals surface area contributed by atoms with Gasteiger partial charge < -0.3 is 15.7 Å². The normalized spacial score (nSPS) is 25.7. The van der Waals surface area contributed by atoms with Gasteiger partial charge in [-0.2, -0.15) is 0 Å². The molecule has 2 unspecified atom stereocenters. The highest BCUT2D eigenvalue weighted by molar-refractivity contribution is 5.82. The van der Waals surface area contributed by atoms with Crippen molar-refractivity contribution in [2.45, 2.75) is 25.1 Å². The van der Waals surface area contributed by atoms with Crippen LogP contribution in [-0.4, -0.2) is 78.8 Å². The lowest BCUT2D eigenvalue weighted by molar-refractivity contribution is -0.123. The minimum Gasteiger partial charge on any atom is -0.392 e. The Morgan fingerprint density at radius 2 is 1.88 bits per heavy atom. The lowest BCUT2D eigenvalue weighted by Gasteiger charge is -2.34. The van der Waals surface area contributed by atoms with E-state index in [0.717, 1.165) is 39.3 Å². The number of nitrogens with zero attached hydrogens (tertiary/aromatic N) is 2. The van der Waals surface area contributed by atoms with Crippen molar-refractivity contribution in [1.29, 1.82) is 0 Å². The van der Waals surface area contributed by atoms with Gasteiger partial charge in [-0.05, 0) is 12.0 Å². The molecule has 3 N–H and O–H groups in total. The number of hydrogen-bond donors (Lipinski definition) is 3. The summed E-state index contributed by atoms with van der Waals surface area (Å²) in [5, 5.41) is 15.5. The summed E-state index contributed by atoms with van der Waals surface area (Å²) in [6.07, 6.45) is 0.128. The second-order valence-corrected chi connectivity index (χ2v) is 6.74. The first-order valence-corrected chi connectivity index (χ1v) is 8.88. The zero-order valence-corrected chi connectivity index (χ0v) is 14.2. The molecule has 0 aromatic heterocycles. The van der Waals surface area contributed by atoms with Gasteiger partial charge in [0.05, 0.1) is 12.1 Å². The Morgan fingerprint density at radius 3 is 2.54 bits per heavy atom. The Hall–Kier alpha value is -1.47.